The van der Waals surface area contributed by atoms with Gasteiger partial charge >= 0.3 is 0 Å². The van der Waals surface area contributed by atoms with Gasteiger partial charge in [0.1, 0.15) is 0 Å². The molecule has 2 aliphatic rings. The first kappa shape index (κ1) is 20.2. The molecule has 142 valence electrons. The van der Waals surface area contributed by atoms with E-state index in [2.05, 4.69) is 65.2 Å². The van der Waals surface area contributed by atoms with Crippen molar-refractivity contribution < 1.29 is 9.47 Å². The normalized spacial score (nSPS) is 34.5. The van der Waals surface area contributed by atoms with Crippen LogP contribution < -0.4 is 0 Å². The summed E-state index contributed by atoms with van der Waals surface area (Å²) in [7, 11) is 0. The molecule has 4 heteroatoms. The summed E-state index contributed by atoms with van der Waals surface area (Å²) in [6, 6.07) is 1.99. The van der Waals surface area contributed by atoms with Crippen molar-refractivity contribution in [3.05, 3.63) is 0 Å². The third-order valence-corrected chi connectivity index (χ3v) is 5.46. The molecule has 0 radical (unpaired) electrons. The zero-order valence-electron chi connectivity index (χ0n) is 17.3. The quantitative estimate of drug-likeness (QED) is 0.784. The Balaban J connectivity index is 2.04. The van der Waals surface area contributed by atoms with E-state index in [1.54, 1.807) is 0 Å². The number of hydrogen-bond donors (Lipinski definition) is 0. The number of ether oxygens (including phenoxy) is 2. The molecule has 0 aliphatic carbocycles. The molecule has 2 saturated heterocycles. The van der Waals surface area contributed by atoms with Crippen LogP contribution in [0, 0.1) is 0 Å². The highest BCUT2D eigenvalue weighted by molar-refractivity contribution is 4.93. The first-order valence-corrected chi connectivity index (χ1v) is 9.74. The van der Waals surface area contributed by atoms with Gasteiger partial charge in [0.15, 0.2) is 0 Å². The molecule has 2 heterocycles. The molecule has 2 fully saturated rings. The summed E-state index contributed by atoms with van der Waals surface area (Å²) in [6.45, 7) is 22.0. The zero-order chi connectivity index (χ0) is 18.1. The summed E-state index contributed by atoms with van der Waals surface area (Å²) in [5, 5.41) is 0. The van der Waals surface area contributed by atoms with Crippen LogP contribution in [0.1, 0.15) is 68.2 Å². The maximum atomic E-state index is 5.89. The minimum atomic E-state index is 0.188. The van der Waals surface area contributed by atoms with Crippen LogP contribution in [0.3, 0.4) is 0 Å². The standard InChI is InChI=1S/C20H40N2O2/c1-15-11-23-13-17(21(15)19(3,4)5)9-10-18-14-24-12-16(2)22(18)20(6,7)8/h15-18H,9-14H2,1-8H3/t15-,16-,17-,18+/m1/s1. The lowest BCUT2D eigenvalue weighted by molar-refractivity contribution is -0.105. The lowest BCUT2D eigenvalue weighted by Gasteiger charge is -2.51. The van der Waals surface area contributed by atoms with Gasteiger partial charge in [-0.3, -0.25) is 9.80 Å². The first-order valence-electron chi connectivity index (χ1n) is 9.74. The maximum absolute atomic E-state index is 5.89. The van der Waals surface area contributed by atoms with E-state index in [0.717, 1.165) is 26.4 Å². The highest BCUT2D eigenvalue weighted by Crippen LogP contribution is 2.30. The third-order valence-electron chi connectivity index (χ3n) is 5.46. The molecule has 0 amide bonds. The van der Waals surface area contributed by atoms with E-state index in [-0.39, 0.29) is 11.1 Å². The van der Waals surface area contributed by atoms with E-state index < -0.39 is 0 Å². The average Bonchev–Trinajstić information content (AvgIpc) is 2.42. The third kappa shape index (κ3) is 4.72. The van der Waals surface area contributed by atoms with Crippen molar-refractivity contribution in [1.29, 1.82) is 0 Å². The van der Waals surface area contributed by atoms with E-state index >= 15 is 0 Å². The molecule has 2 aliphatic heterocycles. The summed E-state index contributed by atoms with van der Waals surface area (Å²) in [6.07, 6.45) is 2.35. The maximum Gasteiger partial charge on any atom is 0.0622 e. The van der Waals surface area contributed by atoms with Crippen LogP contribution in [0.2, 0.25) is 0 Å². The smallest absolute Gasteiger partial charge is 0.0622 e. The molecule has 0 N–H and O–H groups in total. The second kappa shape index (κ2) is 7.61. The van der Waals surface area contributed by atoms with Crippen molar-refractivity contribution in [2.24, 2.45) is 0 Å². The summed E-state index contributed by atoms with van der Waals surface area (Å²) >= 11 is 0. The van der Waals surface area contributed by atoms with Crippen molar-refractivity contribution in [3.63, 3.8) is 0 Å². The molecule has 4 nitrogen and oxygen atoms in total. The Bertz CT molecular complexity index is 361. The Morgan fingerprint density at radius 2 is 1.00 bits per heavy atom. The Labute approximate surface area is 149 Å². The molecule has 0 aromatic rings. The van der Waals surface area contributed by atoms with E-state index in [1.165, 1.54) is 12.8 Å². The predicted octanol–water partition coefficient (Wildman–Crippen LogP) is 3.54. The van der Waals surface area contributed by atoms with Gasteiger partial charge in [-0.1, -0.05) is 0 Å². The van der Waals surface area contributed by atoms with E-state index in [1.807, 2.05) is 0 Å². The summed E-state index contributed by atoms with van der Waals surface area (Å²) in [4.78, 5) is 5.34. The van der Waals surface area contributed by atoms with Crippen LogP contribution in [0.4, 0.5) is 0 Å². The van der Waals surface area contributed by atoms with Crippen molar-refractivity contribution in [1.82, 2.24) is 9.80 Å². The van der Waals surface area contributed by atoms with Gasteiger partial charge in [-0.25, -0.2) is 0 Å². The highest BCUT2D eigenvalue weighted by atomic mass is 16.5. The van der Waals surface area contributed by atoms with Crippen molar-refractivity contribution in [2.45, 2.75) is 103 Å². The summed E-state index contributed by atoms with van der Waals surface area (Å²) in [5.41, 5.74) is 0.377. The average molecular weight is 341 g/mol. The van der Waals surface area contributed by atoms with Crippen molar-refractivity contribution in [2.75, 3.05) is 26.4 Å². The molecule has 0 spiro atoms. The molecule has 0 saturated carbocycles. The lowest BCUT2D eigenvalue weighted by Crippen LogP contribution is -2.61. The van der Waals surface area contributed by atoms with Crippen LogP contribution in [0.5, 0.6) is 0 Å². The van der Waals surface area contributed by atoms with Gasteiger partial charge in [0.25, 0.3) is 0 Å². The number of rotatable bonds is 3. The largest absolute Gasteiger partial charge is 0.378 e. The van der Waals surface area contributed by atoms with Crippen LogP contribution >= 0.6 is 0 Å². The number of hydrogen-bond acceptors (Lipinski definition) is 4. The summed E-state index contributed by atoms with van der Waals surface area (Å²) in [5.74, 6) is 0. The fourth-order valence-electron chi connectivity index (χ4n) is 5.04. The van der Waals surface area contributed by atoms with Gasteiger partial charge in [0.05, 0.1) is 26.4 Å². The number of nitrogens with zero attached hydrogens (tertiary/aromatic N) is 2. The molecule has 2 rings (SSSR count). The second-order valence-electron chi connectivity index (χ2n) is 9.81. The minimum Gasteiger partial charge on any atom is -0.378 e. The van der Waals surface area contributed by atoms with E-state index in [9.17, 15) is 0 Å². The lowest BCUT2D eigenvalue weighted by atomic mass is 9.92. The molecule has 0 aromatic carbocycles. The Kier molecular flexibility index (Phi) is 6.39. The van der Waals surface area contributed by atoms with Gasteiger partial charge in [-0.15, -0.1) is 0 Å². The predicted molar refractivity (Wildman–Crippen MR) is 101 cm³/mol. The van der Waals surface area contributed by atoms with Crippen LogP contribution in [-0.2, 0) is 9.47 Å². The van der Waals surface area contributed by atoms with Gasteiger partial charge in [0.2, 0.25) is 0 Å². The van der Waals surface area contributed by atoms with E-state index in [4.69, 9.17) is 9.47 Å². The van der Waals surface area contributed by atoms with Gasteiger partial charge in [-0.2, -0.15) is 0 Å². The fraction of sp³-hybridized carbons (Fsp3) is 1.00. The summed E-state index contributed by atoms with van der Waals surface area (Å²) < 4.78 is 11.8. The van der Waals surface area contributed by atoms with Crippen LogP contribution in [0.25, 0.3) is 0 Å². The molecular formula is C20H40N2O2. The molecule has 0 bridgehead atoms. The fourth-order valence-corrected chi connectivity index (χ4v) is 5.04. The molecule has 0 unspecified atom stereocenters. The second-order valence-corrected chi connectivity index (χ2v) is 9.81. The van der Waals surface area contributed by atoms with E-state index in [0.29, 0.717) is 24.2 Å². The number of morpholine rings is 2. The van der Waals surface area contributed by atoms with Gasteiger partial charge in [-0.05, 0) is 68.2 Å². The van der Waals surface area contributed by atoms with Gasteiger partial charge in [0, 0.05) is 35.2 Å². The monoisotopic (exact) mass is 340 g/mol. The zero-order valence-corrected chi connectivity index (χ0v) is 17.3. The van der Waals surface area contributed by atoms with Crippen LogP contribution in [-0.4, -0.2) is 71.5 Å². The topological polar surface area (TPSA) is 24.9 Å². The Hall–Kier alpha value is -0.160. The SMILES string of the molecule is C[C@@H]1COC[C@@H](CC[C@H]2COC[C@@H](C)N2C(C)(C)C)N1C(C)(C)C. The molecule has 0 aromatic heterocycles. The first-order chi connectivity index (χ1) is 11.0. The van der Waals surface area contributed by atoms with Crippen molar-refractivity contribution >= 4 is 0 Å². The van der Waals surface area contributed by atoms with Crippen LogP contribution in [0.15, 0.2) is 0 Å². The molecule has 24 heavy (non-hydrogen) atoms. The Morgan fingerprint density at radius 3 is 1.29 bits per heavy atom. The van der Waals surface area contributed by atoms with Gasteiger partial charge < -0.3 is 9.47 Å². The van der Waals surface area contributed by atoms with Crippen molar-refractivity contribution in [3.8, 4) is 0 Å². The molecular weight excluding hydrogens is 300 g/mol. The minimum absolute atomic E-state index is 0.188. The highest BCUT2D eigenvalue weighted by Gasteiger charge is 2.39. The molecule has 4 atom stereocenters. The Morgan fingerprint density at radius 1 is 0.667 bits per heavy atom.